The predicted octanol–water partition coefficient (Wildman–Crippen LogP) is 4.57. The average Bonchev–Trinajstić information content (AvgIpc) is 2.39. The van der Waals surface area contributed by atoms with Gasteiger partial charge in [-0.3, -0.25) is 10.1 Å². The Balaban J connectivity index is 2.49. The third-order valence-electron chi connectivity index (χ3n) is 2.34. The summed E-state index contributed by atoms with van der Waals surface area (Å²) < 4.78 is 45.0. The first-order chi connectivity index (χ1) is 9.40. The van der Waals surface area contributed by atoms with Gasteiger partial charge in [-0.25, -0.2) is 8.78 Å². The van der Waals surface area contributed by atoms with E-state index >= 15 is 0 Å². The number of rotatable bonds is 3. The van der Waals surface area contributed by atoms with E-state index in [1.54, 1.807) is 0 Å². The van der Waals surface area contributed by atoms with Crippen molar-refractivity contribution in [1.29, 1.82) is 0 Å². The summed E-state index contributed by atoms with van der Waals surface area (Å²) in [6.45, 7) is 0. The maximum absolute atomic E-state index is 13.6. The van der Waals surface area contributed by atoms with Crippen molar-refractivity contribution >= 4 is 21.6 Å². The summed E-state index contributed by atoms with van der Waals surface area (Å²) in [6, 6.07) is 4.79. The molecule has 0 N–H and O–H groups in total. The molecule has 2 rings (SSSR count). The summed E-state index contributed by atoms with van der Waals surface area (Å²) in [5.41, 5.74) is -0.757. The fourth-order valence-electron chi connectivity index (χ4n) is 1.42. The number of halogens is 4. The highest BCUT2D eigenvalue weighted by Crippen LogP contribution is 2.35. The molecule has 8 heteroatoms. The van der Waals surface area contributed by atoms with Crippen LogP contribution in [0.3, 0.4) is 0 Å². The summed E-state index contributed by atoms with van der Waals surface area (Å²) in [7, 11) is 0. The molecule has 0 bridgehead atoms. The molecule has 0 unspecified atom stereocenters. The molecule has 0 aromatic heterocycles. The first kappa shape index (κ1) is 14.3. The van der Waals surface area contributed by atoms with Crippen LogP contribution in [0.1, 0.15) is 0 Å². The van der Waals surface area contributed by atoms with Crippen molar-refractivity contribution in [3.05, 3.63) is 62.4 Å². The molecule has 4 nitrogen and oxygen atoms in total. The zero-order chi connectivity index (χ0) is 14.9. The van der Waals surface area contributed by atoms with E-state index in [4.69, 9.17) is 4.74 Å². The molecular formula is C12H5BrF3NO3. The highest BCUT2D eigenvalue weighted by atomic mass is 79.9. The largest absolute Gasteiger partial charge is 0.447 e. The van der Waals surface area contributed by atoms with Gasteiger partial charge in [-0.1, -0.05) is 0 Å². The monoisotopic (exact) mass is 347 g/mol. The molecule has 0 atom stereocenters. The third kappa shape index (κ3) is 2.74. The standard InChI is InChI=1S/C12H5BrF3NO3/c13-7-2-1-6(5-9(7)15)20-12-10(17(18)19)4-3-8(14)11(12)16/h1-5H. The lowest BCUT2D eigenvalue weighted by molar-refractivity contribution is -0.385. The van der Waals surface area contributed by atoms with Gasteiger partial charge >= 0.3 is 5.69 Å². The molecule has 0 spiro atoms. The van der Waals surface area contributed by atoms with Gasteiger partial charge in [0.2, 0.25) is 11.6 Å². The van der Waals surface area contributed by atoms with Gasteiger partial charge in [-0.05, 0) is 34.1 Å². The van der Waals surface area contributed by atoms with Crippen LogP contribution >= 0.6 is 15.9 Å². The van der Waals surface area contributed by atoms with E-state index in [0.717, 1.165) is 12.1 Å². The van der Waals surface area contributed by atoms with Gasteiger partial charge in [-0.2, -0.15) is 4.39 Å². The maximum Gasteiger partial charge on any atom is 0.314 e. The van der Waals surface area contributed by atoms with Crippen LogP contribution in [0, 0.1) is 27.6 Å². The second-order valence-corrected chi connectivity index (χ2v) is 4.50. The molecule has 0 saturated heterocycles. The lowest BCUT2D eigenvalue weighted by Gasteiger charge is -2.08. The van der Waals surface area contributed by atoms with E-state index in [-0.39, 0.29) is 10.2 Å². The van der Waals surface area contributed by atoms with E-state index in [1.807, 2.05) is 0 Å². The smallest absolute Gasteiger partial charge is 0.314 e. The highest BCUT2D eigenvalue weighted by Gasteiger charge is 2.24. The molecule has 0 amide bonds. The second-order valence-electron chi connectivity index (χ2n) is 3.64. The van der Waals surface area contributed by atoms with Crippen molar-refractivity contribution in [2.75, 3.05) is 0 Å². The molecule has 2 aromatic rings. The summed E-state index contributed by atoms with van der Waals surface area (Å²) >= 11 is 2.91. The van der Waals surface area contributed by atoms with Gasteiger partial charge in [0.25, 0.3) is 0 Å². The van der Waals surface area contributed by atoms with Crippen molar-refractivity contribution in [1.82, 2.24) is 0 Å². The Kier molecular flexibility index (Phi) is 3.93. The number of hydrogen-bond acceptors (Lipinski definition) is 3. The number of benzene rings is 2. The Morgan fingerprint density at radius 2 is 1.80 bits per heavy atom. The van der Waals surface area contributed by atoms with Gasteiger partial charge in [0, 0.05) is 12.1 Å². The molecule has 0 fully saturated rings. The summed E-state index contributed by atoms with van der Waals surface area (Å²) in [5, 5.41) is 10.8. The second kappa shape index (κ2) is 5.49. The number of nitro groups is 1. The predicted molar refractivity (Wildman–Crippen MR) is 67.2 cm³/mol. The van der Waals surface area contributed by atoms with E-state index in [9.17, 15) is 23.3 Å². The zero-order valence-electron chi connectivity index (χ0n) is 9.57. The normalized spacial score (nSPS) is 10.4. The van der Waals surface area contributed by atoms with Gasteiger partial charge in [0.05, 0.1) is 9.40 Å². The number of nitrogens with zero attached hydrogens (tertiary/aromatic N) is 1. The Bertz CT molecular complexity index is 694. The number of hydrogen-bond donors (Lipinski definition) is 0. The van der Waals surface area contributed by atoms with Crippen molar-refractivity contribution in [2.45, 2.75) is 0 Å². The van der Waals surface area contributed by atoms with Crippen LogP contribution in [-0.2, 0) is 0 Å². The van der Waals surface area contributed by atoms with Crippen molar-refractivity contribution < 1.29 is 22.8 Å². The first-order valence-electron chi connectivity index (χ1n) is 5.15. The lowest BCUT2D eigenvalue weighted by atomic mass is 10.2. The van der Waals surface area contributed by atoms with Crippen LogP contribution in [0.2, 0.25) is 0 Å². The van der Waals surface area contributed by atoms with Crippen LogP contribution in [0.4, 0.5) is 18.9 Å². The Morgan fingerprint density at radius 3 is 2.40 bits per heavy atom. The lowest BCUT2D eigenvalue weighted by Crippen LogP contribution is -1.98. The average molecular weight is 348 g/mol. The molecule has 0 radical (unpaired) electrons. The molecule has 20 heavy (non-hydrogen) atoms. The minimum absolute atomic E-state index is 0.138. The van der Waals surface area contributed by atoms with Crippen LogP contribution in [0.15, 0.2) is 34.8 Å². The molecule has 2 aromatic carbocycles. The fraction of sp³-hybridized carbons (Fsp3) is 0. The molecule has 0 aliphatic rings. The van der Waals surface area contributed by atoms with Crippen LogP contribution in [0.5, 0.6) is 11.5 Å². The molecule has 0 aliphatic carbocycles. The fourth-order valence-corrected chi connectivity index (χ4v) is 1.67. The van der Waals surface area contributed by atoms with Gasteiger partial charge in [-0.15, -0.1) is 0 Å². The number of ether oxygens (including phenoxy) is 1. The quantitative estimate of drug-likeness (QED) is 0.603. The highest BCUT2D eigenvalue weighted by molar-refractivity contribution is 9.10. The van der Waals surface area contributed by atoms with Gasteiger partial charge in [0.15, 0.2) is 5.82 Å². The molecule has 0 heterocycles. The van der Waals surface area contributed by atoms with Gasteiger partial charge < -0.3 is 4.74 Å². The summed E-state index contributed by atoms with van der Waals surface area (Å²) in [4.78, 5) is 9.83. The zero-order valence-corrected chi connectivity index (χ0v) is 11.2. The minimum Gasteiger partial charge on any atom is -0.447 e. The molecular weight excluding hydrogens is 343 g/mol. The third-order valence-corrected chi connectivity index (χ3v) is 2.98. The molecule has 0 aliphatic heterocycles. The molecule has 104 valence electrons. The van der Waals surface area contributed by atoms with E-state index in [1.165, 1.54) is 12.1 Å². The van der Waals surface area contributed by atoms with Crippen molar-refractivity contribution in [3.8, 4) is 11.5 Å². The van der Waals surface area contributed by atoms with E-state index in [0.29, 0.717) is 6.07 Å². The number of nitro benzene ring substituents is 1. The van der Waals surface area contributed by atoms with E-state index in [2.05, 4.69) is 15.9 Å². The van der Waals surface area contributed by atoms with Crippen LogP contribution < -0.4 is 4.74 Å². The Morgan fingerprint density at radius 1 is 1.10 bits per heavy atom. The van der Waals surface area contributed by atoms with Gasteiger partial charge in [0.1, 0.15) is 11.6 Å². The SMILES string of the molecule is O=[N+]([O-])c1ccc(F)c(F)c1Oc1ccc(Br)c(F)c1. The summed E-state index contributed by atoms with van der Waals surface area (Å²) in [6.07, 6.45) is 0. The van der Waals surface area contributed by atoms with Crippen molar-refractivity contribution in [3.63, 3.8) is 0 Å². The van der Waals surface area contributed by atoms with E-state index < -0.39 is 33.8 Å². The van der Waals surface area contributed by atoms with Crippen LogP contribution in [0.25, 0.3) is 0 Å². The van der Waals surface area contributed by atoms with Crippen LogP contribution in [-0.4, -0.2) is 4.92 Å². The summed E-state index contributed by atoms with van der Waals surface area (Å²) in [5.74, 6) is -4.62. The Hall–Kier alpha value is -2.09. The Labute approximate surface area is 119 Å². The topological polar surface area (TPSA) is 52.4 Å². The van der Waals surface area contributed by atoms with Crippen molar-refractivity contribution in [2.24, 2.45) is 0 Å². The maximum atomic E-state index is 13.6. The molecule has 0 saturated carbocycles. The first-order valence-corrected chi connectivity index (χ1v) is 5.94. The minimum atomic E-state index is -1.51.